The number of ether oxygens (including phenoxy) is 1. The van der Waals surface area contributed by atoms with E-state index in [1.54, 1.807) is 48.7 Å². The molecule has 0 unspecified atom stereocenters. The van der Waals surface area contributed by atoms with Crippen LogP contribution in [0, 0.1) is 13.8 Å². The molecule has 0 spiro atoms. The third-order valence-electron chi connectivity index (χ3n) is 5.84. The molecule has 8 nitrogen and oxygen atoms in total. The fourth-order valence-corrected chi connectivity index (χ4v) is 5.47. The van der Waals surface area contributed by atoms with Gasteiger partial charge in [0.25, 0.3) is 15.9 Å². The predicted molar refractivity (Wildman–Crippen MR) is 145 cm³/mol. The summed E-state index contributed by atoms with van der Waals surface area (Å²) in [5, 5.41) is 4.10. The van der Waals surface area contributed by atoms with E-state index >= 15 is 0 Å². The molecule has 9 heteroatoms. The number of hydrogen-bond acceptors (Lipinski definition) is 5. The molecule has 1 aromatic heterocycles. The molecule has 0 fully saturated rings. The minimum atomic E-state index is -4.03. The lowest BCUT2D eigenvalue weighted by atomic mass is 10.2. The maximum Gasteiger partial charge on any atom is 0.264 e. The van der Waals surface area contributed by atoms with Gasteiger partial charge in [-0.25, -0.2) is 13.8 Å². The zero-order valence-electron chi connectivity index (χ0n) is 20.8. The fraction of sp³-hybridized carbons (Fsp3) is 0.143. The molecular weight excluding hydrogens is 488 g/mol. The van der Waals surface area contributed by atoms with Crippen LogP contribution in [0.3, 0.4) is 0 Å². The monoisotopic (exact) mass is 516 g/mol. The summed E-state index contributed by atoms with van der Waals surface area (Å²) in [4.78, 5) is 12.9. The third-order valence-corrected chi connectivity index (χ3v) is 7.63. The lowest BCUT2D eigenvalue weighted by Gasteiger charge is -2.24. The Bertz CT molecular complexity index is 1510. The van der Waals surface area contributed by atoms with Crippen molar-refractivity contribution in [2.24, 2.45) is 5.10 Å². The SMILES string of the molecule is COc1cccc(N(CC(=O)N/N=C\c2cc(C)n(-c3ccccc3)c2C)S(=O)(=O)c2ccccc2)c1. The van der Waals surface area contributed by atoms with Gasteiger partial charge in [-0.1, -0.05) is 42.5 Å². The van der Waals surface area contributed by atoms with Crippen molar-refractivity contribution in [2.75, 3.05) is 18.0 Å². The number of carbonyl (C=O) groups is 1. The molecule has 0 aliphatic heterocycles. The van der Waals surface area contributed by atoms with Crippen molar-refractivity contribution in [1.29, 1.82) is 0 Å². The Labute approximate surface area is 216 Å². The second kappa shape index (κ2) is 11.1. The van der Waals surface area contributed by atoms with Crippen LogP contribution in [0.1, 0.15) is 17.0 Å². The van der Waals surface area contributed by atoms with E-state index in [0.717, 1.165) is 26.9 Å². The highest BCUT2D eigenvalue weighted by Crippen LogP contribution is 2.27. The summed E-state index contributed by atoms with van der Waals surface area (Å²) in [6, 6.07) is 26.4. The van der Waals surface area contributed by atoms with Crippen LogP contribution in [0.25, 0.3) is 5.69 Å². The minimum absolute atomic E-state index is 0.0717. The van der Waals surface area contributed by atoms with E-state index in [4.69, 9.17) is 4.74 Å². The molecule has 190 valence electrons. The van der Waals surface area contributed by atoms with Crippen LogP contribution in [0.2, 0.25) is 0 Å². The first kappa shape index (κ1) is 25.7. The number of aromatic nitrogens is 1. The fourth-order valence-electron chi connectivity index (χ4n) is 4.03. The summed E-state index contributed by atoms with van der Waals surface area (Å²) >= 11 is 0. The van der Waals surface area contributed by atoms with Gasteiger partial charge >= 0.3 is 0 Å². The molecule has 0 atom stereocenters. The summed E-state index contributed by atoms with van der Waals surface area (Å²) in [5.41, 5.74) is 6.62. The highest BCUT2D eigenvalue weighted by Gasteiger charge is 2.27. The second-order valence-corrected chi connectivity index (χ2v) is 10.2. The van der Waals surface area contributed by atoms with Gasteiger partial charge in [-0.3, -0.25) is 9.10 Å². The number of sulfonamides is 1. The van der Waals surface area contributed by atoms with E-state index in [9.17, 15) is 13.2 Å². The zero-order valence-corrected chi connectivity index (χ0v) is 21.6. The van der Waals surface area contributed by atoms with Gasteiger partial charge in [0.05, 0.1) is 23.9 Å². The summed E-state index contributed by atoms with van der Waals surface area (Å²) in [5.74, 6) is -0.117. The van der Waals surface area contributed by atoms with Gasteiger partial charge in [0.15, 0.2) is 0 Å². The van der Waals surface area contributed by atoms with Crippen molar-refractivity contribution >= 4 is 27.8 Å². The molecule has 1 heterocycles. The average Bonchev–Trinajstić information content (AvgIpc) is 3.20. The number of carbonyl (C=O) groups excluding carboxylic acids is 1. The van der Waals surface area contributed by atoms with Gasteiger partial charge in [-0.2, -0.15) is 5.10 Å². The molecule has 0 saturated heterocycles. The number of aryl methyl sites for hydroxylation is 1. The lowest BCUT2D eigenvalue weighted by molar-refractivity contribution is -0.119. The first-order valence-electron chi connectivity index (χ1n) is 11.6. The number of nitrogens with one attached hydrogen (secondary N) is 1. The van der Waals surface area contributed by atoms with Crippen LogP contribution < -0.4 is 14.5 Å². The highest BCUT2D eigenvalue weighted by atomic mass is 32.2. The standard InChI is InChI=1S/C28H28N4O4S/c1-21-17-23(22(2)32(21)24-11-6-4-7-12-24)19-29-30-28(33)20-31(25-13-10-14-26(18-25)36-3)37(34,35)27-15-8-5-9-16-27/h4-19H,20H2,1-3H3,(H,30,33)/b29-19-. The molecule has 1 amide bonds. The quantitative estimate of drug-likeness (QED) is 0.263. The molecular formula is C28H28N4O4S. The summed E-state index contributed by atoms with van der Waals surface area (Å²) in [6.45, 7) is 3.50. The number of rotatable bonds is 9. The van der Waals surface area contributed by atoms with Crippen molar-refractivity contribution < 1.29 is 17.9 Å². The number of benzene rings is 3. The molecule has 3 aromatic carbocycles. The van der Waals surface area contributed by atoms with E-state index < -0.39 is 22.5 Å². The van der Waals surface area contributed by atoms with Crippen LogP contribution in [0.5, 0.6) is 5.75 Å². The molecule has 37 heavy (non-hydrogen) atoms. The van der Waals surface area contributed by atoms with E-state index in [-0.39, 0.29) is 4.90 Å². The molecule has 0 radical (unpaired) electrons. The van der Waals surface area contributed by atoms with Gasteiger partial charge in [0.2, 0.25) is 0 Å². The van der Waals surface area contributed by atoms with Crippen molar-refractivity contribution in [3.05, 3.63) is 108 Å². The normalized spacial score (nSPS) is 11.4. The van der Waals surface area contributed by atoms with Gasteiger partial charge in [-0.05, 0) is 56.3 Å². The van der Waals surface area contributed by atoms with Crippen molar-refractivity contribution in [1.82, 2.24) is 9.99 Å². The topological polar surface area (TPSA) is 93.0 Å². The Kier molecular flexibility index (Phi) is 7.74. The largest absolute Gasteiger partial charge is 0.497 e. The molecule has 1 N–H and O–H groups in total. The molecule has 4 aromatic rings. The van der Waals surface area contributed by atoms with Gasteiger partial charge in [0.1, 0.15) is 12.3 Å². The Balaban J connectivity index is 1.56. The number of hydrogen-bond donors (Lipinski definition) is 1. The molecule has 0 bridgehead atoms. The second-order valence-electron chi connectivity index (χ2n) is 8.32. The predicted octanol–water partition coefficient (Wildman–Crippen LogP) is 4.45. The number of amides is 1. The molecule has 4 rings (SSSR count). The Morgan fingerprint density at radius 2 is 1.65 bits per heavy atom. The van der Waals surface area contributed by atoms with E-state index in [2.05, 4.69) is 15.1 Å². The summed E-state index contributed by atoms with van der Waals surface area (Å²) in [6.07, 6.45) is 1.56. The van der Waals surface area contributed by atoms with Crippen LogP contribution >= 0.6 is 0 Å². The smallest absolute Gasteiger partial charge is 0.264 e. The highest BCUT2D eigenvalue weighted by molar-refractivity contribution is 7.92. The van der Waals surface area contributed by atoms with Crippen LogP contribution in [0.15, 0.2) is 101 Å². The third kappa shape index (κ3) is 5.73. The van der Waals surface area contributed by atoms with E-state index in [1.165, 1.54) is 19.2 Å². The zero-order chi connectivity index (χ0) is 26.4. The number of anilines is 1. The van der Waals surface area contributed by atoms with Gasteiger partial charge in [-0.15, -0.1) is 0 Å². The van der Waals surface area contributed by atoms with Gasteiger partial charge < -0.3 is 9.30 Å². The molecule has 0 aliphatic rings. The van der Waals surface area contributed by atoms with Crippen molar-refractivity contribution in [3.63, 3.8) is 0 Å². The first-order valence-corrected chi connectivity index (χ1v) is 13.0. The van der Waals surface area contributed by atoms with Crippen LogP contribution in [-0.4, -0.2) is 38.8 Å². The summed E-state index contributed by atoms with van der Waals surface area (Å²) in [7, 11) is -2.54. The number of nitrogens with zero attached hydrogens (tertiary/aromatic N) is 3. The number of methoxy groups -OCH3 is 1. The first-order chi connectivity index (χ1) is 17.8. The average molecular weight is 517 g/mol. The Morgan fingerprint density at radius 3 is 2.32 bits per heavy atom. The Morgan fingerprint density at radius 1 is 0.973 bits per heavy atom. The lowest BCUT2D eigenvalue weighted by Crippen LogP contribution is -2.39. The number of hydrazone groups is 1. The Hall–Kier alpha value is -4.37. The number of para-hydroxylation sites is 1. The molecule has 0 aliphatic carbocycles. The van der Waals surface area contributed by atoms with Gasteiger partial charge in [0, 0.05) is 28.7 Å². The maximum absolute atomic E-state index is 13.4. The minimum Gasteiger partial charge on any atom is -0.497 e. The molecule has 0 saturated carbocycles. The van der Waals surface area contributed by atoms with Crippen LogP contribution in [-0.2, 0) is 14.8 Å². The van der Waals surface area contributed by atoms with Crippen molar-refractivity contribution in [3.8, 4) is 11.4 Å². The maximum atomic E-state index is 13.4. The van der Waals surface area contributed by atoms with E-state index in [0.29, 0.717) is 11.4 Å². The van der Waals surface area contributed by atoms with Crippen LogP contribution in [0.4, 0.5) is 5.69 Å². The van der Waals surface area contributed by atoms with Crippen molar-refractivity contribution in [2.45, 2.75) is 18.7 Å². The summed E-state index contributed by atoms with van der Waals surface area (Å²) < 4.78 is 35.3. The van der Waals surface area contributed by atoms with E-state index in [1.807, 2.05) is 50.2 Å².